The summed E-state index contributed by atoms with van der Waals surface area (Å²) in [5.74, 6) is 0.924. The fourth-order valence-corrected chi connectivity index (χ4v) is 1.69. The lowest BCUT2D eigenvalue weighted by Gasteiger charge is -2.01. The second-order valence-electron chi connectivity index (χ2n) is 2.84. The third kappa shape index (κ3) is 4.43. The Morgan fingerprint density at radius 2 is 2.43 bits per heavy atom. The van der Waals surface area contributed by atoms with Crippen LogP contribution in [0.15, 0.2) is 22.2 Å². The highest BCUT2D eigenvalue weighted by Gasteiger charge is 1.94. The van der Waals surface area contributed by atoms with Crippen LogP contribution in [-0.2, 0) is 0 Å². The molecule has 78 valence electrons. The Morgan fingerprint density at radius 3 is 3.14 bits per heavy atom. The Balaban J connectivity index is 2.21. The van der Waals surface area contributed by atoms with Crippen LogP contribution < -0.4 is 10.9 Å². The summed E-state index contributed by atoms with van der Waals surface area (Å²) in [6, 6.07) is 1.42. The number of hydrogen-bond acceptors (Lipinski definition) is 4. The molecule has 0 spiro atoms. The van der Waals surface area contributed by atoms with E-state index in [0.29, 0.717) is 5.16 Å². The number of nitrogens with zero attached hydrogens (tertiary/aromatic N) is 1. The summed E-state index contributed by atoms with van der Waals surface area (Å²) >= 11 is 1.56. The number of rotatable bonds is 6. The van der Waals surface area contributed by atoms with Gasteiger partial charge in [0, 0.05) is 24.6 Å². The van der Waals surface area contributed by atoms with Crippen molar-refractivity contribution in [3.05, 3.63) is 22.6 Å². The van der Waals surface area contributed by atoms with E-state index in [-0.39, 0.29) is 5.56 Å². The molecule has 0 radical (unpaired) electrons. The lowest BCUT2D eigenvalue weighted by atomic mass is 10.5. The molecular formula is C9H15N3OS. The maximum absolute atomic E-state index is 10.9. The highest BCUT2D eigenvalue weighted by molar-refractivity contribution is 7.99. The summed E-state index contributed by atoms with van der Waals surface area (Å²) in [4.78, 5) is 17.6. The molecule has 0 aliphatic rings. The summed E-state index contributed by atoms with van der Waals surface area (Å²) in [5, 5.41) is 3.97. The Hall–Kier alpha value is -0.810. The third-order valence-electron chi connectivity index (χ3n) is 1.59. The average molecular weight is 213 g/mol. The van der Waals surface area contributed by atoms with Gasteiger partial charge in [-0.15, -0.1) is 0 Å². The van der Waals surface area contributed by atoms with Gasteiger partial charge < -0.3 is 10.3 Å². The summed E-state index contributed by atoms with van der Waals surface area (Å²) in [6.45, 7) is 4.12. The molecule has 0 aliphatic heterocycles. The SMILES string of the molecule is CCCNCCSc1nccc(=O)[nH]1. The molecule has 1 heterocycles. The topological polar surface area (TPSA) is 57.8 Å². The van der Waals surface area contributed by atoms with E-state index in [4.69, 9.17) is 0 Å². The van der Waals surface area contributed by atoms with Crippen LogP contribution in [0, 0.1) is 0 Å². The van der Waals surface area contributed by atoms with Gasteiger partial charge in [0.05, 0.1) is 0 Å². The maximum atomic E-state index is 10.9. The van der Waals surface area contributed by atoms with Crippen molar-refractivity contribution < 1.29 is 0 Å². The first-order chi connectivity index (χ1) is 6.83. The predicted octanol–water partition coefficient (Wildman–Crippen LogP) is 0.862. The first kappa shape index (κ1) is 11.3. The quantitative estimate of drug-likeness (QED) is 0.418. The summed E-state index contributed by atoms with van der Waals surface area (Å²) in [7, 11) is 0. The molecule has 0 unspecified atom stereocenters. The van der Waals surface area contributed by atoms with Gasteiger partial charge in [-0.05, 0) is 13.0 Å². The number of nitrogens with one attached hydrogen (secondary N) is 2. The Kier molecular flexibility index (Phi) is 5.32. The number of hydrogen-bond donors (Lipinski definition) is 2. The van der Waals surface area contributed by atoms with Gasteiger partial charge in [0.1, 0.15) is 0 Å². The van der Waals surface area contributed by atoms with Crippen molar-refractivity contribution >= 4 is 11.8 Å². The molecule has 0 atom stereocenters. The van der Waals surface area contributed by atoms with E-state index in [2.05, 4.69) is 22.2 Å². The van der Waals surface area contributed by atoms with Gasteiger partial charge in [-0.3, -0.25) is 4.79 Å². The first-order valence-corrected chi connectivity index (χ1v) is 5.70. The van der Waals surface area contributed by atoms with Gasteiger partial charge in [0.2, 0.25) is 0 Å². The van der Waals surface area contributed by atoms with E-state index in [1.54, 1.807) is 11.8 Å². The van der Waals surface area contributed by atoms with Crippen molar-refractivity contribution in [3.63, 3.8) is 0 Å². The molecule has 14 heavy (non-hydrogen) atoms. The fourth-order valence-electron chi connectivity index (χ4n) is 0.947. The smallest absolute Gasteiger partial charge is 0.251 e. The van der Waals surface area contributed by atoms with Crippen molar-refractivity contribution in [1.82, 2.24) is 15.3 Å². The molecule has 1 rings (SSSR count). The predicted molar refractivity (Wildman–Crippen MR) is 58.7 cm³/mol. The highest BCUT2D eigenvalue weighted by atomic mass is 32.2. The van der Waals surface area contributed by atoms with E-state index in [1.807, 2.05) is 0 Å². The van der Waals surface area contributed by atoms with Crippen LogP contribution in [0.4, 0.5) is 0 Å². The van der Waals surface area contributed by atoms with E-state index < -0.39 is 0 Å². The van der Waals surface area contributed by atoms with E-state index in [9.17, 15) is 4.79 Å². The molecule has 0 aromatic carbocycles. The summed E-state index contributed by atoms with van der Waals surface area (Å²) < 4.78 is 0. The largest absolute Gasteiger partial charge is 0.316 e. The normalized spacial score (nSPS) is 10.4. The van der Waals surface area contributed by atoms with Gasteiger partial charge in [0.25, 0.3) is 5.56 Å². The summed E-state index contributed by atoms with van der Waals surface area (Å²) in [6.07, 6.45) is 2.67. The Labute approximate surface area is 87.5 Å². The zero-order valence-electron chi connectivity index (χ0n) is 8.25. The highest BCUT2D eigenvalue weighted by Crippen LogP contribution is 2.07. The Morgan fingerprint density at radius 1 is 1.57 bits per heavy atom. The van der Waals surface area contributed by atoms with Gasteiger partial charge in [-0.1, -0.05) is 18.7 Å². The molecular weight excluding hydrogens is 198 g/mol. The maximum Gasteiger partial charge on any atom is 0.251 e. The Bertz CT molecular complexity index is 313. The van der Waals surface area contributed by atoms with E-state index >= 15 is 0 Å². The van der Waals surface area contributed by atoms with Crippen LogP contribution in [0.25, 0.3) is 0 Å². The van der Waals surface area contributed by atoms with E-state index in [0.717, 1.165) is 25.3 Å². The van der Waals surface area contributed by atoms with Crippen LogP contribution in [-0.4, -0.2) is 28.8 Å². The number of aromatic amines is 1. The molecule has 0 aliphatic carbocycles. The number of thioether (sulfide) groups is 1. The zero-order chi connectivity index (χ0) is 10.2. The molecule has 0 saturated heterocycles. The van der Waals surface area contributed by atoms with Crippen LogP contribution in [0.3, 0.4) is 0 Å². The lowest BCUT2D eigenvalue weighted by Crippen LogP contribution is -2.18. The number of H-pyrrole nitrogens is 1. The van der Waals surface area contributed by atoms with Gasteiger partial charge in [0.15, 0.2) is 5.16 Å². The molecule has 1 aromatic heterocycles. The molecule has 0 amide bonds. The molecule has 5 heteroatoms. The monoisotopic (exact) mass is 213 g/mol. The first-order valence-electron chi connectivity index (χ1n) is 4.71. The lowest BCUT2D eigenvalue weighted by molar-refractivity contribution is 0.707. The zero-order valence-corrected chi connectivity index (χ0v) is 9.06. The van der Waals surface area contributed by atoms with Crippen molar-refractivity contribution in [3.8, 4) is 0 Å². The van der Waals surface area contributed by atoms with Gasteiger partial charge in [-0.2, -0.15) is 0 Å². The fraction of sp³-hybridized carbons (Fsp3) is 0.556. The second kappa shape index (κ2) is 6.62. The number of aromatic nitrogens is 2. The third-order valence-corrected chi connectivity index (χ3v) is 2.48. The molecule has 0 saturated carbocycles. The minimum Gasteiger partial charge on any atom is -0.316 e. The summed E-state index contributed by atoms with van der Waals surface area (Å²) in [5.41, 5.74) is -0.0935. The average Bonchev–Trinajstić information content (AvgIpc) is 2.18. The van der Waals surface area contributed by atoms with Crippen LogP contribution in [0.2, 0.25) is 0 Å². The van der Waals surface area contributed by atoms with Crippen LogP contribution >= 0.6 is 11.8 Å². The van der Waals surface area contributed by atoms with Crippen LogP contribution in [0.1, 0.15) is 13.3 Å². The second-order valence-corrected chi connectivity index (χ2v) is 3.92. The molecule has 0 bridgehead atoms. The standard InChI is InChI=1S/C9H15N3OS/c1-2-4-10-6-7-14-9-11-5-3-8(13)12-9/h3,5,10H,2,4,6-7H2,1H3,(H,11,12,13). The molecule has 2 N–H and O–H groups in total. The molecule has 1 aromatic rings. The minimum atomic E-state index is -0.0935. The van der Waals surface area contributed by atoms with Gasteiger partial charge in [-0.25, -0.2) is 4.98 Å². The molecule has 0 fully saturated rings. The van der Waals surface area contributed by atoms with Crippen molar-refractivity contribution in [2.24, 2.45) is 0 Å². The van der Waals surface area contributed by atoms with E-state index in [1.165, 1.54) is 12.3 Å². The van der Waals surface area contributed by atoms with Crippen molar-refractivity contribution in [2.75, 3.05) is 18.8 Å². The molecule has 4 nitrogen and oxygen atoms in total. The van der Waals surface area contributed by atoms with Crippen molar-refractivity contribution in [2.45, 2.75) is 18.5 Å². The minimum absolute atomic E-state index is 0.0935. The van der Waals surface area contributed by atoms with Crippen molar-refractivity contribution in [1.29, 1.82) is 0 Å². The van der Waals surface area contributed by atoms with Gasteiger partial charge >= 0.3 is 0 Å². The van der Waals surface area contributed by atoms with Crippen LogP contribution in [0.5, 0.6) is 0 Å².